The molecule has 21 heavy (non-hydrogen) atoms. The number of piperazine rings is 1. The van der Waals surface area contributed by atoms with E-state index in [2.05, 4.69) is 10.2 Å². The standard InChI is InChI=1S/C15H20ClN3O2/c1-12(20)19-10-8-18(9-11-19)7-6-17-15(21)13-2-4-14(16)5-3-13/h2-5H,6-11H2,1H3,(H,17,21). The Labute approximate surface area is 129 Å². The summed E-state index contributed by atoms with van der Waals surface area (Å²) in [6, 6.07) is 6.83. The first-order valence-electron chi connectivity index (χ1n) is 7.08. The molecule has 2 rings (SSSR count). The molecule has 1 aliphatic rings. The van der Waals surface area contributed by atoms with Gasteiger partial charge in [-0.2, -0.15) is 0 Å². The summed E-state index contributed by atoms with van der Waals surface area (Å²) in [5, 5.41) is 3.52. The zero-order valence-corrected chi connectivity index (χ0v) is 12.9. The van der Waals surface area contributed by atoms with Gasteiger partial charge in [0.25, 0.3) is 5.91 Å². The molecule has 114 valence electrons. The third kappa shape index (κ3) is 4.72. The van der Waals surface area contributed by atoms with Crippen LogP contribution in [0.1, 0.15) is 17.3 Å². The number of nitrogens with zero attached hydrogens (tertiary/aromatic N) is 2. The molecule has 1 saturated heterocycles. The van der Waals surface area contributed by atoms with Gasteiger partial charge in [0.15, 0.2) is 0 Å². The fraction of sp³-hybridized carbons (Fsp3) is 0.467. The summed E-state index contributed by atoms with van der Waals surface area (Å²) < 4.78 is 0. The maximum absolute atomic E-state index is 11.9. The number of benzene rings is 1. The van der Waals surface area contributed by atoms with E-state index in [0.29, 0.717) is 17.1 Å². The molecule has 1 aromatic carbocycles. The number of amides is 2. The molecule has 5 nitrogen and oxygen atoms in total. The maximum atomic E-state index is 11.9. The third-order valence-corrected chi connectivity index (χ3v) is 3.89. The minimum atomic E-state index is -0.0889. The summed E-state index contributed by atoms with van der Waals surface area (Å²) in [6.07, 6.45) is 0. The highest BCUT2D eigenvalue weighted by atomic mass is 35.5. The Bertz CT molecular complexity index is 496. The van der Waals surface area contributed by atoms with Crippen molar-refractivity contribution in [2.24, 2.45) is 0 Å². The largest absolute Gasteiger partial charge is 0.351 e. The lowest BCUT2D eigenvalue weighted by Crippen LogP contribution is -2.49. The number of hydrogen-bond donors (Lipinski definition) is 1. The number of hydrogen-bond acceptors (Lipinski definition) is 3. The van der Waals surface area contributed by atoms with Gasteiger partial charge in [0, 0.05) is 56.8 Å². The number of rotatable bonds is 4. The van der Waals surface area contributed by atoms with Crippen molar-refractivity contribution >= 4 is 23.4 Å². The highest BCUT2D eigenvalue weighted by Gasteiger charge is 2.18. The van der Waals surface area contributed by atoms with Crippen LogP contribution in [0.5, 0.6) is 0 Å². The second-order valence-electron chi connectivity index (χ2n) is 5.11. The second kappa shape index (κ2) is 7.43. The molecule has 0 bridgehead atoms. The van der Waals surface area contributed by atoms with Crippen LogP contribution in [0.4, 0.5) is 0 Å². The van der Waals surface area contributed by atoms with Crippen LogP contribution >= 0.6 is 11.6 Å². The number of halogens is 1. The summed E-state index contributed by atoms with van der Waals surface area (Å²) in [4.78, 5) is 27.2. The van der Waals surface area contributed by atoms with Crippen LogP contribution in [0, 0.1) is 0 Å². The van der Waals surface area contributed by atoms with Gasteiger partial charge < -0.3 is 10.2 Å². The SMILES string of the molecule is CC(=O)N1CCN(CCNC(=O)c2ccc(Cl)cc2)CC1. The van der Waals surface area contributed by atoms with Gasteiger partial charge in [0.05, 0.1) is 0 Å². The summed E-state index contributed by atoms with van der Waals surface area (Å²) in [5.74, 6) is 0.0414. The molecule has 6 heteroatoms. The van der Waals surface area contributed by atoms with Gasteiger partial charge in [-0.15, -0.1) is 0 Å². The van der Waals surface area contributed by atoms with Crippen molar-refractivity contribution in [3.63, 3.8) is 0 Å². The lowest BCUT2D eigenvalue weighted by molar-refractivity contribution is -0.130. The van der Waals surface area contributed by atoms with Crippen molar-refractivity contribution in [3.05, 3.63) is 34.9 Å². The van der Waals surface area contributed by atoms with E-state index in [-0.39, 0.29) is 11.8 Å². The van der Waals surface area contributed by atoms with Gasteiger partial charge in [0.1, 0.15) is 0 Å². The maximum Gasteiger partial charge on any atom is 0.251 e. The zero-order chi connectivity index (χ0) is 15.2. The Balaban J connectivity index is 1.69. The predicted octanol–water partition coefficient (Wildman–Crippen LogP) is 1.23. The van der Waals surface area contributed by atoms with Crippen LogP contribution < -0.4 is 5.32 Å². The normalized spacial score (nSPS) is 15.8. The Morgan fingerprint density at radius 1 is 1.14 bits per heavy atom. The minimum Gasteiger partial charge on any atom is -0.351 e. The molecule has 0 atom stereocenters. The monoisotopic (exact) mass is 309 g/mol. The molecule has 1 N–H and O–H groups in total. The fourth-order valence-corrected chi connectivity index (χ4v) is 2.44. The molecule has 1 aliphatic heterocycles. The zero-order valence-electron chi connectivity index (χ0n) is 12.1. The molecule has 0 unspecified atom stereocenters. The topological polar surface area (TPSA) is 52.7 Å². The third-order valence-electron chi connectivity index (χ3n) is 3.64. The Morgan fingerprint density at radius 2 is 1.76 bits per heavy atom. The highest BCUT2D eigenvalue weighted by molar-refractivity contribution is 6.30. The van der Waals surface area contributed by atoms with E-state index in [1.165, 1.54) is 0 Å². The van der Waals surface area contributed by atoms with Crippen LogP contribution in [0.2, 0.25) is 5.02 Å². The van der Waals surface area contributed by atoms with Crippen molar-refractivity contribution in [2.45, 2.75) is 6.92 Å². The first-order valence-corrected chi connectivity index (χ1v) is 7.45. The van der Waals surface area contributed by atoms with Crippen LogP contribution in [0.15, 0.2) is 24.3 Å². The molecule has 0 spiro atoms. The Hall–Kier alpha value is -1.59. The van der Waals surface area contributed by atoms with Gasteiger partial charge in [0.2, 0.25) is 5.91 Å². The molecule has 0 aromatic heterocycles. The molecule has 2 amide bonds. The summed E-state index contributed by atoms with van der Waals surface area (Å²) in [7, 11) is 0. The van der Waals surface area contributed by atoms with E-state index in [4.69, 9.17) is 11.6 Å². The first kappa shape index (κ1) is 15.8. The van der Waals surface area contributed by atoms with E-state index in [1.807, 2.05) is 4.90 Å². The van der Waals surface area contributed by atoms with Crippen molar-refractivity contribution in [2.75, 3.05) is 39.3 Å². The van der Waals surface area contributed by atoms with E-state index < -0.39 is 0 Å². The fourth-order valence-electron chi connectivity index (χ4n) is 2.32. The Kier molecular flexibility index (Phi) is 5.59. The van der Waals surface area contributed by atoms with Crippen molar-refractivity contribution in [1.29, 1.82) is 0 Å². The molecule has 1 fully saturated rings. The molecule has 1 aromatic rings. The summed E-state index contributed by atoms with van der Waals surface area (Å²) >= 11 is 5.79. The molecule has 0 radical (unpaired) electrons. The smallest absolute Gasteiger partial charge is 0.251 e. The predicted molar refractivity (Wildman–Crippen MR) is 82.5 cm³/mol. The van der Waals surface area contributed by atoms with E-state index in [9.17, 15) is 9.59 Å². The average molecular weight is 310 g/mol. The lowest BCUT2D eigenvalue weighted by atomic mass is 10.2. The first-order chi connectivity index (χ1) is 10.1. The number of carbonyl (C=O) groups is 2. The molecule has 0 saturated carbocycles. The minimum absolute atomic E-state index is 0.0889. The van der Waals surface area contributed by atoms with Gasteiger partial charge in [-0.1, -0.05) is 11.6 Å². The van der Waals surface area contributed by atoms with Crippen LogP contribution in [-0.2, 0) is 4.79 Å². The van der Waals surface area contributed by atoms with Crippen molar-refractivity contribution in [1.82, 2.24) is 15.1 Å². The summed E-state index contributed by atoms with van der Waals surface area (Å²) in [6.45, 7) is 6.24. The van der Waals surface area contributed by atoms with Crippen LogP contribution in [0.3, 0.4) is 0 Å². The number of nitrogens with one attached hydrogen (secondary N) is 1. The molecular weight excluding hydrogens is 290 g/mol. The highest BCUT2D eigenvalue weighted by Crippen LogP contribution is 2.09. The van der Waals surface area contributed by atoms with Crippen LogP contribution in [0.25, 0.3) is 0 Å². The van der Waals surface area contributed by atoms with Crippen molar-refractivity contribution < 1.29 is 9.59 Å². The van der Waals surface area contributed by atoms with Gasteiger partial charge in [-0.05, 0) is 24.3 Å². The molecule has 1 heterocycles. The average Bonchev–Trinajstić information content (AvgIpc) is 2.48. The lowest BCUT2D eigenvalue weighted by Gasteiger charge is -2.34. The van der Waals surface area contributed by atoms with Gasteiger partial charge in [-0.3, -0.25) is 14.5 Å². The summed E-state index contributed by atoms with van der Waals surface area (Å²) in [5.41, 5.74) is 0.612. The van der Waals surface area contributed by atoms with Gasteiger partial charge in [-0.25, -0.2) is 0 Å². The molecule has 0 aliphatic carbocycles. The molecular formula is C15H20ClN3O2. The van der Waals surface area contributed by atoms with E-state index in [0.717, 1.165) is 32.7 Å². The van der Waals surface area contributed by atoms with Gasteiger partial charge >= 0.3 is 0 Å². The second-order valence-corrected chi connectivity index (χ2v) is 5.55. The van der Waals surface area contributed by atoms with E-state index >= 15 is 0 Å². The Morgan fingerprint density at radius 3 is 2.33 bits per heavy atom. The number of carbonyl (C=O) groups excluding carboxylic acids is 2. The van der Waals surface area contributed by atoms with Crippen molar-refractivity contribution in [3.8, 4) is 0 Å². The quantitative estimate of drug-likeness (QED) is 0.910. The van der Waals surface area contributed by atoms with Crippen LogP contribution in [-0.4, -0.2) is 60.9 Å². The van der Waals surface area contributed by atoms with E-state index in [1.54, 1.807) is 31.2 Å².